The number of carbonyl (C=O) groups excluding carboxylic acids is 2. The molecule has 1 atom stereocenters. The first-order valence-corrected chi connectivity index (χ1v) is 9.75. The van der Waals surface area contributed by atoms with Gasteiger partial charge in [-0.2, -0.15) is 13.2 Å². The fourth-order valence-corrected chi connectivity index (χ4v) is 3.63. The van der Waals surface area contributed by atoms with Gasteiger partial charge in [-0.1, -0.05) is 55.3 Å². The molecule has 0 aliphatic heterocycles. The minimum Gasteiger partial charge on any atom is -0.376 e. The second-order valence-corrected chi connectivity index (χ2v) is 7.45. The lowest BCUT2D eigenvalue weighted by Gasteiger charge is -2.30. The first-order valence-electron chi connectivity index (χ1n) is 9.75. The van der Waals surface area contributed by atoms with Crippen LogP contribution in [-0.4, -0.2) is 29.1 Å². The summed E-state index contributed by atoms with van der Waals surface area (Å²) in [6.45, 7) is 0. The molecule has 3 N–H and O–H groups in total. The molecule has 30 heavy (non-hydrogen) atoms. The predicted molar refractivity (Wildman–Crippen MR) is 106 cm³/mol. The second-order valence-electron chi connectivity index (χ2n) is 7.45. The highest BCUT2D eigenvalue weighted by atomic mass is 19.4. The lowest BCUT2D eigenvalue weighted by Crippen LogP contribution is -2.45. The number of hydrogen-bond acceptors (Lipinski definition) is 3. The van der Waals surface area contributed by atoms with E-state index >= 15 is 0 Å². The summed E-state index contributed by atoms with van der Waals surface area (Å²) in [6.07, 6.45) is -2.51. The largest absolute Gasteiger partial charge is 0.421 e. The van der Waals surface area contributed by atoms with Crippen LogP contribution in [0.5, 0.6) is 0 Å². The van der Waals surface area contributed by atoms with Crippen molar-refractivity contribution in [1.29, 1.82) is 0 Å². The summed E-state index contributed by atoms with van der Waals surface area (Å²) < 4.78 is 40.9. The molecule has 1 aliphatic rings. The lowest BCUT2D eigenvalue weighted by atomic mass is 9.89. The van der Waals surface area contributed by atoms with Crippen LogP contribution in [0.25, 0.3) is 0 Å². The van der Waals surface area contributed by atoms with E-state index in [0.717, 1.165) is 37.8 Å². The summed E-state index contributed by atoms with van der Waals surface area (Å²) in [5.74, 6) is -1.45. The zero-order chi connectivity index (χ0) is 21.8. The Kier molecular flexibility index (Phi) is 6.45. The molecular weight excluding hydrogens is 397 g/mol. The number of hydrogen-bond donors (Lipinski definition) is 3. The van der Waals surface area contributed by atoms with E-state index in [9.17, 15) is 27.9 Å². The summed E-state index contributed by atoms with van der Waals surface area (Å²) in [7, 11) is 0. The van der Waals surface area contributed by atoms with E-state index in [1.54, 1.807) is 12.1 Å². The van der Waals surface area contributed by atoms with Gasteiger partial charge >= 0.3 is 6.18 Å². The highest BCUT2D eigenvalue weighted by molar-refractivity contribution is 6.04. The molecule has 8 heteroatoms. The second kappa shape index (κ2) is 8.87. The van der Waals surface area contributed by atoms with E-state index in [4.69, 9.17) is 0 Å². The van der Waals surface area contributed by atoms with Crippen LogP contribution in [0.3, 0.4) is 0 Å². The Hall–Kier alpha value is -2.87. The van der Waals surface area contributed by atoms with Gasteiger partial charge in [0.15, 0.2) is 5.60 Å². The number of aliphatic hydroxyl groups is 1. The molecule has 160 valence electrons. The van der Waals surface area contributed by atoms with Gasteiger partial charge in [0.25, 0.3) is 5.91 Å². The Morgan fingerprint density at radius 1 is 0.967 bits per heavy atom. The molecule has 1 unspecified atom stereocenters. The van der Waals surface area contributed by atoms with Crippen molar-refractivity contribution >= 4 is 17.5 Å². The number of benzene rings is 2. The van der Waals surface area contributed by atoms with Gasteiger partial charge in [-0.25, -0.2) is 0 Å². The molecule has 2 amide bonds. The van der Waals surface area contributed by atoms with Crippen LogP contribution in [0, 0.1) is 0 Å². The molecule has 0 spiro atoms. The summed E-state index contributed by atoms with van der Waals surface area (Å²) in [6, 6.07) is 12.6. The average Bonchev–Trinajstić information content (AvgIpc) is 3.21. The van der Waals surface area contributed by atoms with Gasteiger partial charge in [-0.3, -0.25) is 9.59 Å². The first-order chi connectivity index (χ1) is 14.2. The van der Waals surface area contributed by atoms with E-state index in [1.165, 1.54) is 30.3 Å². The SMILES string of the molecule is O=C(CC(O)(c1ccccc1)C(F)(F)F)Nc1ccccc1C(=O)NC1CCCC1. The molecule has 0 radical (unpaired) electrons. The molecule has 1 fully saturated rings. The van der Waals surface area contributed by atoms with E-state index < -0.39 is 35.6 Å². The minimum atomic E-state index is -5.06. The van der Waals surface area contributed by atoms with Crippen LogP contribution in [0.2, 0.25) is 0 Å². The van der Waals surface area contributed by atoms with Crippen LogP contribution < -0.4 is 10.6 Å². The summed E-state index contributed by atoms with van der Waals surface area (Å²) in [5, 5.41) is 15.6. The van der Waals surface area contributed by atoms with Gasteiger partial charge < -0.3 is 15.7 Å². The number of nitrogens with one attached hydrogen (secondary N) is 2. The quantitative estimate of drug-likeness (QED) is 0.657. The van der Waals surface area contributed by atoms with Gasteiger partial charge in [0, 0.05) is 6.04 Å². The molecule has 0 aromatic heterocycles. The van der Waals surface area contributed by atoms with E-state index in [-0.39, 0.29) is 17.3 Å². The molecule has 5 nitrogen and oxygen atoms in total. The minimum absolute atomic E-state index is 0.0506. The highest BCUT2D eigenvalue weighted by Gasteiger charge is 2.56. The van der Waals surface area contributed by atoms with Crippen LogP contribution in [0.4, 0.5) is 18.9 Å². The van der Waals surface area contributed by atoms with Crippen LogP contribution in [0.1, 0.15) is 48.0 Å². The van der Waals surface area contributed by atoms with E-state index in [0.29, 0.717) is 0 Å². The van der Waals surface area contributed by atoms with Gasteiger partial charge in [-0.05, 0) is 30.5 Å². The number of amides is 2. The molecule has 2 aromatic carbocycles. The van der Waals surface area contributed by atoms with Crippen molar-refractivity contribution in [2.45, 2.75) is 49.9 Å². The number of halogens is 3. The van der Waals surface area contributed by atoms with E-state index in [1.807, 2.05) is 0 Å². The maximum atomic E-state index is 13.6. The number of carbonyl (C=O) groups is 2. The molecule has 1 saturated carbocycles. The third kappa shape index (κ3) is 4.81. The van der Waals surface area contributed by atoms with Gasteiger partial charge in [0.1, 0.15) is 0 Å². The Bertz CT molecular complexity index is 896. The van der Waals surface area contributed by atoms with E-state index in [2.05, 4.69) is 10.6 Å². The number of alkyl halides is 3. The predicted octanol–water partition coefficient (Wildman–Crippen LogP) is 4.14. The normalized spacial score (nSPS) is 16.7. The fraction of sp³-hybridized carbons (Fsp3) is 0.364. The third-order valence-corrected chi connectivity index (χ3v) is 5.27. The monoisotopic (exact) mass is 420 g/mol. The molecular formula is C22H23F3N2O3. The Morgan fingerprint density at radius 3 is 2.20 bits per heavy atom. The first kappa shape index (κ1) is 21.8. The van der Waals surface area contributed by atoms with Crippen LogP contribution in [0.15, 0.2) is 54.6 Å². The van der Waals surface area contributed by atoms with Crippen molar-refractivity contribution in [3.05, 3.63) is 65.7 Å². The number of para-hydroxylation sites is 1. The number of anilines is 1. The van der Waals surface area contributed by atoms with Crippen molar-refractivity contribution in [2.75, 3.05) is 5.32 Å². The molecule has 2 aromatic rings. The smallest absolute Gasteiger partial charge is 0.376 e. The van der Waals surface area contributed by atoms with Crippen molar-refractivity contribution < 1.29 is 27.9 Å². The zero-order valence-electron chi connectivity index (χ0n) is 16.2. The van der Waals surface area contributed by atoms with Crippen LogP contribution >= 0.6 is 0 Å². The average molecular weight is 420 g/mol. The molecule has 0 bridgehead atoms. The van der Waals surface area contributed by atoms with Gasteiger partial charge in [0.05, 0.1) is 17.7 Å². The zero-order valence-corrected chi connectivity index (χ0v) is 16.2. The fourth-order valence-electron chi connectivity index (χ4n) is 3.63. The highest BCUT2D eigenvalue weighted by Crippen LogP contribution is 2.41. The number of rotatable bonds is 6. The third-order valence-electron chi connectivity index (χ3n) is 5.27. The molecule has 0 heterocycles. The standard InChI is InChI=1S/C22H23F3N2O3/c23-22(24,25)21(30,15-8-2-1-3-9-15)14-19(28)27-18-13-7-6-12-17(18)20(29)26-16-10-4-5-11-16/h1-3,6-9,12-13,16,30H,4-5,10-11,14H2,(H,26,29)(H,27,28). The molecule has 3 rings (SSSR count). The topological polar surface area (TPSA) is 78.4 Å². The van der Waals surface area contributed by atoms with Gasteiger partial charge in [0.2, 0.25) is 5.91 Å². The van der Waals surface area contributed by atoms with Gasteiger partial charge in [-0.15, -0.1) is 0 Å². The summed E-state index contributed by atoms with van der Waals surface area (Å²) in [5.41, 5.74) is -3.53. The maximum absolute atomic E-state index is 13.6. The molecule has 1 aliphatic carbocycles. The van der Waals surface area contributed by atoms with Crippen molar-refractivity contribution in [2.24, 2.45) is 0 Å². The Balaban J connectivity index is 1.78. The van der Waals surface area contributed by atoms with Crippen LogP contribution in [-0.2, 0) is 10.4 Å². The Labute approximate surface area is 172 Å². The summed E-state index contributed by atoms with van der Waals surface area (Å²) >= 11 is 0. The van der Waals surface area contributed by atoms with Crippen molar-refractivity contribution in [1.82, 2.24) is 5.32 Å². The maximum Gasteiger partial charge on any atom is 0.421 e. The summed E-state index contributed by atoms with van der Waals surface area (Å²) in [4.78, 5) is 25.0. The van der Waals surface area contributed by atoms with Crippen molar-refractivity contribution in [3.63, 3.8) is 0 Å². The van der Waals surface area contributed by atoms with Crippen molar-refractivity contribution in [3.8, 4) is 0 Å². The molecule has 0 saturated heterocycles. The Morgan fingerprint density at radius 2 is 1.57 bits per heavy atom. The lowest BCUT2D eigenvalue weighted by molar-refractivity contribution is -0.266.